The van der Waals surface area contributed by atoms with E-state index in [2.05, 4.69) is 174 Å². The average molecular weight is 1070 g/mol. The van der Waals surface area contributed by atoms with Crippen LogP contribution in [-0.4, -0.2) is 22.0 Å². The number of hydrogen-bond acceptors (Lipinski definition) is 5. The van der Waals surface area contributed by atoms with Gasteiger partial charge in [0.2, 0.25) is 0 Å². The van der Waals surface area contributed by atoms with Gasteiger partial charge in [-0.05, 0) is 141 Å². The predicted octanol–water partition coefficient (Wildman–Crippen LogP) is 19.3. The molecule has 4 aliphatic carbocycles. The first kappa shape index (κ1) is 58.6. The molecule has 410 valence electrons. The van der Waals surface area contributed by atoms with Gasteiger partial charge in [0, 0.05) is 34.4 Å². The van der Waals surface area contributed by atoms with Gasteiger partial charge < -0.3 is 9.47 Å². The van der Waals surface area contributed by atoms with E-state index in [1.807, 2.05) is 0 Å². The Balaban J connectivity index is 1.04. The van der Waals surface area contributed by atoms with Crippen molar-refractivity contribution in [1.29, 1.82) is 0 Å². The fourth-order valence-corrected chi connectivity index (χ4v) is 11.4. The van der Waals surface area contributed by atoms with Crippen molar-refractivity contribution in [2.45, 2.75) is 196 Å². The number of hydrogen-bond donors (Lipinski definition) is 0. The fraction of sp³-hybridized carbons (Fsp3) is 0.432. The van der Waals surface area contributed by atoms with Gasteiger partial charge in [-0.1, -0.05) is 226 Å². The molecule has 79 heavy (non-hydrogen) atoms. The lowest BCUT2D eigenvalue weighted by Crippen LogP contribution is -2.04. The van der Waals surface area contributed by atoms with Crippen LogP contribution in [0.5, 0.6) is 11.5 Å². The minimum Gasteiger partial charge on any atom is -0.492 e. The summed E-state index contributed by atoms with van der Waals surface area (Å²) in [6.07, 6.45) is 29.2. The Morgan fingerprint density at radius 1 is 0.367 bits per heavy atom. The smallest absolute Gasteiger partial charge is 0.136 e. The molecule has 0 radical (unpaired) electrons. The summed E-state index contributed by atoms with van der Waals surface area (Å²) >= 11 is 1.26. The Morgan fingerprint density at radius 2 is 0.810 bits per heavy atom. The van der Waals surface area contributed by atoms with Crippen LogP contribution in [0.25, 0.3) is 22.2 Å². The summed E-state index contributed by atoms with van der Waals surface area (Å²) < 4.78 is 23.2. The van der Waals surface area contributed by atoms with Gasteiger partial charge in [-0.15, -0.1) is 0 Å². The number of fused-ring (bicyclic) bond motifs is 1. The molecule has 11 rings (SSSR count). The highest BCUT2D eigenvalue weighted by atomic mass is 32.1. The third-order valence-electron chi connectivity index (χ3n) is 15.8. The minimum atomic E-state index is 0.644. The molecule has 4 bridgehead atoms. The lowest BCUT2D eigenvalue weighted by atomic mass is 9.88. The second-order valence-electron chi connectivity index (χ2n) is 22.4. The quantitative estimate of drug-likeness (QED) is 0.0423. The van der Waals surface area contributed by atoms with E-state index in [1.54, 1.807) is 0 Å². The third kappa shape index (κ3) is 17.7. The van der Waals surface area contributed by atoms with Crippen molar-refractivity contribution in [3.63, 3.8) is 0 Å². The Morgan fingerprint density at radius 3 is 1.35 bits per heavy atom. The second-order valence-corrected chi connectivity index (χ2v) is 22.9. The highest BCUT2D eigenvalue weighted by molar-refractivity contribution is 7.00. The topological polar surface area (TPSA) is 44.2 Å². The van der Waals surface area contributed by atoms with E-state index >= 15 is 0 Å². The lowest BCUT2D eigenvalue weighted by molar-refractivity contribution is 0.295. The molecule has 1 aromatic heterocycles. The maximum absolute atomic E-state index is 6.77. The van der Waals surface area contributed by atoms with Crippen LogP contribution in [0, 0.1) is 63.2 Å². The maximum Gasteiger partial charge on any atom is 0.136 e. The van der Waals surface area contributed by atoms with E-state index in [-0.39, 0.29) is 0 Å². The first-order valence-corrected chi connectivity index (χ1v) is 31.1. The predicted molar refractivity (Wildman–Crippen MR) is 335 cm³/mol. The Kier molecular flexibility index (Phi) is 23.2. The van der Waals surface area contributed by atoms with Crippen LogP contribution >= 0.6 is 11.7 Å². The van der Waals surface area contributed by atoms with Crippen molar-refractivity contribution in [2.24, 2.45) is 0 Å². The summed E-state index contributed by atoms with van der Waals surface area (Å²) in [5, 5.41) is 0. The van der Waals surface area contributed by atoms with E-state index in [0.717, 1.165) is 106 Å². The average Bonchev–Trinajstić information content (AvgIpc) is 4.01. The zero-order chi connectivity index (χ0) is 55.0. The molecule has 0 spiro atoms. The van der Waals surface area contributed by atoms with Crippen molar-refractivity contribution >= 4 is 22.8 Å². The summed E-state index contributed by atoms with van der Waals surface area (Å²) in [5.74, 6) is 22.9. The number of rotatable bonds is 25. The highest BCUT2D eigenvalue weighted by Crippen LogP contribution is 2.35. The fourth-order valence-electron chi connectivity index (χ4n) is 10.8. The number of nitrogens with zero attached hydrogens (tertiary/aromatic N) is 2. The molecule has 0 saturated heterocycles. The van der Waals surface area contributed by atoms with Gasteiger partial charge in [0.15, 0.2) is 0 Å². The first-order chi connectivity index (χ1) is 38.8. The molecule has 0 atom stereocenters. The van der Waals surface area contributed by atoms with Gasteiger partial charge in [0.05, 0.1) is 41.6 Å². The molecule has 4 nitrogen and oxygen atoms in total. The zero-order valence-corrected chi connectivity index (χ0v) is 49.6. The SMILES string of the molecule is CCCCCCCCCCCCOc1cc(C#Cc2cc3ccc2CCc2ccc(c(-c4ccc(C#Cc5cc(C)ccc5C)c5nsnc45)c2)CC3)c(OCCCCCCCCCCCC)cc1C#Cc1cc(C)ccc1C. The normalized spacial score (nSPS) is 11.8. The van der Waals surface area contributed by atoms with Crippen molar-refractivity contribution in [3.05, 3.63) is 175 Å². The number of benzene rings is 6. The number of ether oxygens (including phenoxy) is 2. The molecule has 5 heteroatoms. The van der Waals surface area contributed by atoms with Crippen molar-refractivity contribution < 1.29 is 9.47 Å². The van der Waals surface area contributed by atoms with E-state index < -0.39 is 0 Å². The molecule has 0 amide bonds. The van der Waals surface area contributed by atoms with Crippen molar-refractivity contribution in [2.75, 3.05) is 13.2 Å². The Labute approximate surface area is 480 Å². The van der Waals surface area contributed by atoms with Crippen LogP contribution in [0.4, 0.5) is 0 Å². The molecule has 0 aliphatic heterocycles. The number of unbranched alkanes of at least 4 members (excludes halogenated alkanes) is 18. The van der Waals surface area contributed by atoms with Gasteiger partial charge in [-0.25, -0.2) is 0 Å². The lowest BCUT2D eigenvalue weighted by Gasteiger charge is -2.16. The third-order valence-corrected chi connectivity index (χ3v) is 16.3. The molecule has 7 aromatic rings. The van der Waals surface area contributed by atoms with Crippen LogP contribution in [0.1, 0.15) is 220 Å². The molecule has 0 unspecified atom stereocenters. The molecule has 0 N–H and O–H groups in total. The number of aryl methyl sites for hydroxylation is 8. The standard InChI is InChI=1S/C74H86N2O2S/c1-7-9-11-13-15-17-19-21-23-25-47-77-71-54-68(72(78-48-26-24-22-20-18-16-14-12-10-8-2)53-67(71)43-41-65-50-56(4)28-30-58(65)6)44-42-66-51-59-31-35-61(66)36-32-60-34-38-62(37-33-59)70(52-60)69-46-45-63(73-74(69)76-79-75-73)39-40-64-49-55(3)27-29-57(64)5/h27-31,34-35,38,45-46,49-54H,7-26,32-33,36-37,47-48H2,1-6H3. The summed E-state index contributed by atoms with van der Waals surface area (Å²) in [5.41, 5.74) is 19.8. The first-order valence-electron chi connectivity index (χ1n) is 30.4. The van der Waals surface area contributed by atoms with E-state index in [0.29, 0.717) is 13.2 Å². The molecule has 4 aliphatic rings. The van der Waals surface area contributed by atoms with Gasteiger partial charge in [0.25, 0.3) is 0 Å². The van der Waals surface area contributed by atoms with Crippen LogP contribution in [0.15, 0.2) is 97.1 Å². The van der Waals surface area contributed by atoms with Crippen LogP contribution in [0.3, 0.4) is 0 Å². The molecular weight excluding hydrogens is 981 g/mol. The molecule has 0 fully saturated rings. The van der Waals surface area contributed by atoms with Crippen LogP contribution in [-0.2, 0) is 25.7 Å². The zero-order valence-electron chi connectivity index (χ0n) is 48.7. The van der Waals surface area contributed by atoms with Gasteiger partial charge >= 0.3 is 0 Å². The Hall–Kier alpha value is -6.58. The summed E-state index contributed by atoms with van der Waals surface area (Å²) in [4.78, 5) is 0. The van der Waals surface area contributed by atoms with Gasteiger partial charge in [-0.3, -0.25) is 0 Å². The molecule has 6 aromatic carbocycles. The van der Waals surface area contributed by atoms with Gasteiger partial charge in [0.1, 0.15) is 22.5 Å². The molecular formula is C74H86N2O2S. The Bertz CT molecular complexity index is 3310. The van der Waals surface area contributed by atoms with Crippen LogP contribution < -0.4 is 9.47 Å². The van der Waals surface area contributed by atoms with E-state index in [9.17, 15) is 0 Å². The monoisotopic (exact) mass is 1070 g/mol. The molecule has 0 saturated carbocycles. The summed E-state index contributed by atoms with van der Waals surface area (Å²) in [6, 6.07) is 35.5. The van der Waals surface area contributed by atoms with E-state index in [4.69, 9.17) is 18.2 Å². The minimum absolute atomic E-state index is 0.644. The van der Waals surface area contributed by atoms with Crippen molar-refractivity contribution in [1.82, 2.24) is 8.75 Å². The van der Waals surface area contributed by atoms with Gasteiger partial charge in [-0.2, -0.15) is 8.75 Å². The highest BCUT2D eigenvalue weighted by Gasteiger charge is 2.18. The molecule has 1 heterocycles. The second kappa shape index (κ2) is 31.3. The van der Waals surface area contributed by atoms with E-state index in [1.165, 1.54) is 171 Å². The maximum atomic E-state index is 6.77. The summed E-state index contributed by atoms with van der Waals surface area (Å²) in [6.45, 7) is 14.4. The largest absolute Gasteiger partial charge is 0.492 e. The summed E-state index contributed by atoms with van der Waals surface area (Å²) in [7, 11) is 0. The van der Waals surface area contributed by atoms with Crippen LogP contribution in [0.2, 0.25) is 0 Å². The van der Waals surface area contributed by atoms with Crippen molar-refractivity contribution in [3.8, 4) is 58.1 Å². The number of aromatic nitrogens is 2.